The second-order valence-electron chi connectivity index (χ2n) is 8.35. The van der Waals surface area contributed by atoms with Crippen LogP contribution in [0, 0.1) is 0 Å². The molecule has 9 heteroatoms. The van der Waals surface area contributed by atoms with Gasteiger partial charge >= 0.3 is 24.1 Å². The molecule has 0 spiro atoms. The third-order valence-corrected chi connectivity index (χ3v) is 3.78. The van der Waals surface area contributed by atoms with Gasteiger partial charge in [-0.3, -0.25) is 4.79 Å². The van der Waals surface area contributed by atoms with Crippen LogP contribution >= 0.6 is 0 Å². The number of hydrogen-bond donors (Lipinski definition) is 0. The van der Waals surface area contributed by atoms with Gasteiger partial charge in [0, 0.05) is 9.16 Å². The summed E-state index contributed by atoms with van der Waals surface area (Å²) in [7, 11) is 1.17. The van der Waals surface area contributed by atoms with Crippen molar-refractivity contribution in [2.45, 2.75) is 78.2 Å². The number of amides is 2. The summed E-state index contributed by atoms with van der Waals surface area (Å²) in [5.74, 6) is -1.63. The summed E-state index contributed by atoms with van der Waals surface area (Å²) in [6.07, 6.45) is -3.10. The Labute approximate surface area is 191 Å². The summed E-state index contributed by atoms with van der Waals surface area (Å²) in [6, 6.07) is 7.18. The van der Waals surface area contributed by atoms with Crippen LogP contribution in [0.3, 0.4) is 0 Å². The highest BCUT2D eigenvalue weighted by atomic mass is 16.6. The zero-order valence-electron chi connectivity index (χ0n) is 21.2. The van der Waals surface area contributed by atoms with Crippen molar-refractivity contribution >= 4 is 24.1 Å². The molecule has 1 aromatic rings. The number of benzene rings is 1. The Kier molecular flexibility index (Phi) is 8.47. The largest absolute Gasteiger partial charge is 0.469 e. The van der Waals surface area contributed by atoms with Gasteiger partial charge in [-0.2, -0.15) is 4.90 Å². The van der Waals surface area contributed by atoms with Gasteiger partial charge in [-0.25, -0.2) is 14.4 Å². The van der Waals surface area contributed by atoms with Crippen LogP contribution in [0.1, 0.15) is 62.6 Å². The monoisotopic (exact) mass is 453 g/mol. The molecule has 0 heterocycles. The lowest BCUT2D eigenvalue weighted by atomic mass is 10.1. The molecule has 1 rings (SSSR count). The van der Waals surface area contributed by atoms with E-state index in [0.29, 0.717) is 10.5 Å². The second kappa shape index (κ2) is 11.5. The van der Waals surface area contributed by atoms with Crippen LogP contribution in [-0.2, 0) is 35.1 Å². The van der Waals surface area contributed by atoms with Gasteiger partial charge in [0.15, 0.2) is 0 Å². The van der Waals surface area contributed by atoms with Crippen LogP contribution in [-0.4, -0.2) is 53.4 Å². The van der Waals surface area contributed by atoms with E-state index in [4.69, 9.17) is 17.0 Å². The van der Waals surface area contributed by atoms with Crippen LogP contribution in [0.15, 0.2) is 30.3 Å². The molecule has 178 valence electrons. The van der Waals surface area contributed by atoms with Gasteiger partial charge in [0.25, 0.3) is 0 Å². The number of ether oxygens (including phenoxy) is 4. The second-order valence-corrected chi connectivity index (χ2v) is 8.35. The molecule has 0 saturated carbocycles. The smallest absolute Gasteiger partial charge is 0.420 e. The number of methoxy groups -OCH3 is 1. The molecular formula is C23H33NO8. The summed E-state index contributed by atoms with van der Waals surface area (Å²) in [5.41, 5.74) is -1.88. The lowest BCUT2D eigenvalue weighted by Crippen LogP contribution is -2.52. The average molecular weight is 454 g/mol. The van der Waals surface area contributed by atoms with Crippen molar-refractivity contribution in [3.8, 4) is 0 Å². The normalized spacial score (nSPS) is 13.2. The predicted octanol–water partition coefficient (Wildman–Crippen LogP) is 4.22. The van der Waals surface area contributed by atoms with E-state index in [-0.39, 0.29) is 33.2 Å². The van der Waals surface area contributed by atoms with Crippen LogP contribution < -0.4 is 0 Å². The van der Waals surface area contributed by atoms with Gasteiger partial charge in [0.1, 0.15) is 23.9 Å². The fourth-order valence-electron chi connectivity index (χ4n) is 2.43. The van der Waals surface area contributed by atoms with Crippen molar-refractivity contribution in [3.05, 3.63) is 35.9 Å². The Morgan fingerprint density at radius 3 is 1.97 bits per heavy atom. The Morgan fingerprint density at radius 1 is 0.969 bits per heavy atom. The van der Waals surface area contributed by atoms with E-state index < -0.39 is 41.4 Å². The molecule has 1 atom stereocenters. The van der Waals surface area contributed by atoms with Crippen molar-refractivity contribution in [1.82, 2.24) is 4.90 Å². The van der Waals surface area contributed by atoms with Crippen molar-refractivity contribution in [2.75, 3.05) is 7.11 Å². The molecule has 0 bridgehead atoms. The number of carbonyl (C=O) groups is 4. The summed E-state index contributed by atoms with van der Waals surface area (Å²) in [4.78, 5) is 51.3. The van der Waals surface area contributed by atoms with E-state index in [2.05, 4.69) is 4.74 Å². The molecule has 0 saturated heterocycles. The number of nitrogens with zero attached hydrogens (tertiary/aromatic N) is 1. The highest BCUT2D eigenvalue weighted by Crippen LogP contribution is 2.20. The van der Waals surface area contributed by atoms with Gasteiger partial charge < -0.3 is 18.9 Å². The third kappa shape index (κ3) is 9.80. The Bertz CT molecular complexity index is 815. The fraction of sp³-hybridized carbons (Fsp3) is 0.565. The number of hydrogen-bond acceptors (Lipinski definition) is 8. The number of imide groups is 1. The van der Waals surface area contributed by atoms with Crippen LogP contribution in [0.25, 0.3) is 0 Å². The molecule has 0 radical (unpaired) electrons. The average Bonchev–Trinajstić information content (AvgIpc) is 2.79. The molecule has 0 aliphatic carbocycles. The van der Waals surface area contributed by atoms with Crippen LogP contribution in [0.5, 0.6) is 0 Å². The van der Waals surface area contributed by atoms with E-state index in [1.54, 1.807) is 30.3 Å². The van der Waals surface area contributed by atoms with E-state index >= 15 is 0 Å². The molecule has 2 amide bonds. The summed E-state index contributed by atoms with van der Waals surface area (Å²) >= 11 is 0. The summed E-state index contributed by atoms with van der Waals surface area (Å²) < 4.78 is 35.6. The SMILES string of the molecule is [2H]CC(C)(C)OC(=O)N(C(=O)OC(C)(C)C[2H])[C@@H](CCC(=O)OC)C(=O)OCc1ccccc1. The van der Waals surface area contributed by atoms with Crippen LogP contribution in [0.2, 0.25) is 0 Å². The summed E-state index contributed by atoms with van der Waals surface area (Å²) in [6.45, 7) is 5.09. The van der Waals surface area contributed by atoms with E-state index in [0.717, 1.165) is 0 Å². The molecule has 0 fully saturated rings. The zero-order chi connectivity index (χ0) is 25.9. The van der Waals surface area contributed by atoms with Crippen molar-refractivity contribution in [3.63, 3.8) is 0 Å². The van der Waals surface area contributed by atoms with Crippen LogP contribution in [0.4, 0.5) is 9.59 Å². The maximum atomic E-state index is 13.0. The van der Waals surface area contributed by atoms with Crippen molar-refractivity contribution in [2.24, 2.45) is 0 Å². The molecule has 0 aliphatic heterocycles. The number of rotatable bonds is 7. The molecule has 1 aromatic carbocycles. The van der Waals surface area contributed by atoms with Gasteiger partial charge in [-0.1, -0.05) is 30.3 Å². The Hall–Kier alpha value is -3.10. The Morgan fingerprint density at radius 2 is 1.50 bits per heavy atom. The molecule has 0 aliphatic rings. The zero-order valence-corrected chi connectivity index (χ0v) is 19.2. The van der Waals surface area contributed by atoms with Gasteiger partial charge in [0.05, 0.1) is 7.11 Å². The maximum absolute atomic E-state index is 13.0. The Balaban J connectivity index is 3.30. The first-order chi connectivity index (χ1) is 15.9. The number of carbonyl (C=O) groups excluding carboxylic acids is 4. The highest BCUT2D eigenvalue weighted by molar-refractivity contribution is 5.94. The van der Waals surface area contributed by atoms with Gasteiger partial charge in [-0.15, -0.1) is 0 Å². The van der Waals surface area contributed by atoms with E-state index in [1.165, 1.54) is 34.8 Å². The number of esters is 2. The molecule has 32 heavy (non-hydrogen) atoms. The molecule has 0 N–H and O–H groups in total. The van der Waals surface area contributed by atoms with Crippen molar-refractivity contribution < 1.29 is 40.9 Å². The predicted molar refractivity (Wildman–Crippen MR) is 116 cm³/mol. The highest BCUT2D eigenvalue weighted by Gasteiger charge is 2.41. The lowest BCUT2D eigenvalue weighted by Gasteiger charge is -2.32. The topological polar surface area (TPSA) is 108 Å². The van der Waals surface area contributed by atoms with Gasteiger partial charge in [0.2, 0.25) is 0 Å². The molecule has 9 nitrogen and oxygen atoms in total. The van der Waals surface area contributed by atoms with E-state index in [9.17, 15) is 19.2 Å². The molecule has 0 aromatic heterocycles. The minimum atomic E-state index is -1.58. The standard InChI is InChI=1S/C23H33NO8/c1-22(2,3)31-20(27)24(21(28)32-23(4,5)6)17(13-14-18(25)29-7)19(26)30-15-16-11-9-8-10-12-16/h8-12,17H,13-15H2,1-7H3/t17-/m0/s1/i1D,4D. The maximum Gasteiger partial charge on any atom is 0.420 e. The fourth-order valence-corrected chi connectivity index (χ4v) is 2.43. The lowest BCUT2D eigenvalue weighted by molar-refractivity contribution is -0.152. The first kappa shape index (κ1) is 23.6. The third-order valence-electron chi connectivity index (χ3n) is 3.78. The minimum Gasteiger partial charge on any atom is -0.469 e. The van der Waals surface area contributed by atoms with Crippen molar-refractivity contribution in [1.29, 1.82) is 0 Å². The molecule has 0 unspecified atom stereocenters. The molecular weight excluding hydrogens is 418 g/mol. The van der Waals surface area contributed by atoms with Gasteiger partial charge in [-0.05, 0) is 53.5 Å². The summed E-state index contributed by atoms with van der Waals surface area (Å²) in [5, 5.41) is 0. The minimum absolute atomic E-state index is 0.136. The first-order valence-corrected chi connectivity index (χ1v) is 9.97. The van der Waals surface area contributed by atoms with E-state index in [1.807, 2.05) is 0 Å². The quantitative estimate of drug-likeness (QED) is 0.446. The first-order valence-electron chi connectivity index (χ1n) is 11.4.